The Kier molecular flexibility index (Phi) is 3.08. The molecule has 2 rings (SSSR count). The quantitative estimate of drug-likeness (QED) is 0.768. The summed E-state index contributed by atoms with van der Waals surface area (Å²) in [6, 6.07) is 0. The molecule has 0 spiro atoms. The summed E-state index contributed by atoms with van der Waals surface area (Å²) in [6.07, 6.45) is 2.13. The van der Waals surface area contributed by atoms with Gasteiger partial charge in [-0.3, -0.25) is 5.10 Å². The third-order valence-corrected chi connectivity index (χ3v) is 3.11. The van der Waals surface area contributed by atoms with E-state index in [0.717, 1.165) is 37.4 Å². The van der Waals surface area contributed by atoms with Crippen LogP contribution in [0, 0.1) is 6.92 Å². The molecule has 78 valence electrons. The highest BCUT2D eigenvalue weighted by atomic mass is 35.5. The van der Waals surface area contributed by atoms with E-state index >= 15 is 0 Å². The van der Waals surface area contributed by atoms with Gasteiger partial charge in [0.05, 0.1) is 11.6 Å². The number of nitrogens with one attached hydrogen (secondary N) is 1. The molecule has 0 amide bonds. The molecular formula is C10H15ClN2O. The Morgan fingerprint density at radius 3 is 2.86 bits per heavy atom. The minimum atomic E-state index is 0.530. The second-order valence-corrected chi connectivity index (χ2v) is 4.00. The molecule has 0 radical (unpaired) electrons. The van der Waals surface area contributed by atoms with Crippen LogP contribution in [0.2, 0.25) is 0 Å². The third-order valence-electron chi connectivity index (χ3n) is 2.85. The fourth-order valence-electron chi connectivity index (χ4n) is 1.95. The van der Waals surface area contributed by atoms with Gasteiger partial charge in [0, 0.05) is 30.4 Å². The van der Waals surface area contributed by atoms with Crippen LogP contribution in [0.5, 0.6) is 0 Å². The highest BCUT2D eigenvalue weighted by molar-refractivity contribution is 6.17. The summed E-state index contributed by atoms with van der Waals surface area (Å²) in [5.74, 6) is 1.08. The van der Waals surface area contributed by atoms with E-state index < -0.39 is 0 Å². The summed E-state index contributed by atoms with van der Waals surface area (Å²) in [5, 5.41) is 7.36. The lowest BCUT2D eigenvalue weighted by molar-refractivity contribution is 0.0843. The maximum Gasteiger partial charge on any atom is 0.0701 e. The largest absolute Gasteiger partial charge is 0.381 e. The summed E-state index contributed by atoms with van der Waals surface area (Å²) in [5.41, 5.74) is 3.43. The van der Waals surface area contributed by atoms with Crippen molar-refractivity contribution in [3.05, 3.63) is 17.0 Å². The summed E-state index contributed by atoms with van der Waals surface area (Å²) in [7, 11) is 0. The average molecular weight is 215 g/mol. The lowest BCUT2D eigenvalue weighted by atomic mass is 9.94. The van der Waals surface area contributed by atoms with Crippen molar-refractivity contribution in [2.24, 2.45) is 0 Å². The van der Waals surface area contributed by atoms with Gasteiger partial charge in [0.25, 0.3) is 0 Å². The molecule has 1 aromatic heterocycles. The smallest absolute Gasteiger partial charge is 0.0701 e. The van der Waals surface area contributed by atoms with Gasteiger partial charge in [-0.15, -0.1) is 11.6 Å². The Morgan fingerprint density at radius 2 is 2.21 bits per heavy atom. The Labute approximate surface area is 88.8 Å². The fourth-order valence-corrected chi connectivity index (χ4v) is 2.29. The van der Waals surface area contributed by atoms with Gasteiger partial charge in [0.2, 0.25) is 0 Å². The van der Waals surface area contributed by atoms with Crippen molar-refractivity contribution in [1.29, 1.82) is 0 Å². The molecule has 1 aliphatic heterocycles. The van der Waals surface area contributed by atoms with Crippen LogP contribution in [0.4, 0.5) is 0 Å². The molecule has 1 N–H and O–H groups in total. The first-order valence-electron chi connectivity index (χ1n) is 5.00. The molecule has 1 fully saturated rings. The number of nitrogens with zero attached hydrogens (tertiary/aromatic N) is 1. The van der Waals surface area contributed by atoms with Crippen molar-refractivity contribution in [2.75, 3.05) is 13.2 Å². The molecule has 3 nitrogen and oxygen atoms in total. The van der Waals surface area contributed by atoms with Gasteiger partial charge in [-0.1, -0.05) is 0 Å². The first-order valence-corrected chi connectivity index (χ1v) is 5.54. The maximum absolute atomic E-state index is 5.91. The predicted molar refractivity (Wildman–Crippen MR) is 55.7 cm³/mol. The zero-order valence-electron chi connectivity index (χ0n) is 8.35. The Hall–Kier alpha value is -0.540. The van der Waals surface area contributed by atoms with E-state index in [4.69, 9.17) is 16.3 Å². The van der Waals surface area contributed by atoms with Crippen molar-refractivity contribution in [3.63, 3.8) is 0 Å². The molecule has 0 aliphatic carbocycles. The molecule has 1 aliphatic rings. The number of aromatic nitrogens is 2. The van der Waals surface area contributed by atoms with Crippen LogP contribution in [-0.2, 0) is 10.6 Å². The van der Waals surface area contributed by atoms with Gasteiger partial charge in [-0.2, -0.15) is 5.10 Å². The SMILES string of the molecule is Cc1[nH]nc(C2CCOCC2)c1CCl. The topological polar surface area (TPSA) is 37.9 Å². The van der Waals surface area contributed by atoms with E-state index in [-0.39, 0.29) is 0 Å². The van der Waals surface area contributed by atoms with Gasteiger partial charge in [-0.25, -0.2) is 0 Å². The minimum Gasteiger partial charge on any atom is -0.381 e. The van der Waals surface area contributed by atoms with Crippen molar-refractivity contribution in [3.8, 4) is 0 Å². The van der Waals surface area contributed by atoms with Crippen LogP contribution >= 0.6 is 11.6 Å². The molecule has 1 saturated heterocycles. The number of alkyl halides is 1. The minimum absolute atomic E-state index is 0.530. The summed E-state index contributed by atoms with van der Waals surface area (Å²) < 4.78 is 5.33. The zero-order valence-corrected chi connectivity index (χ0v) is 9.10. The second-order valence-electron chi connectivity index (χ2n) is 3.73. The van der Waals surface area contributed by atoms with E-state index in [1.807, 2.05) is 6.92 Å². The predicted octanol–water partition coefficient (Wildman–Crippen LogP) is 2.35. The van der Waals surface area contributed by atoms with E-state index in [1.165, 1.54) is 5.56 Å². The van der Waals surface area contributed by atoms with Crippen molar-refractivity contribution < 1.29 is 4.74 Å². The number of ether oxygens (including phenoxy) is 1. The average Bonchev–Trinajstić information content (AvgIpc) is 2.61. The lowest BCUT2D eigenvalue weighted by Crippen LogP contribution is -2.15. The monoisotopic (exact) mass is 214 g/mol. The number of halogens is 1. The van der Waals surface area contributed by atoms with E-state index in [9.17, 15) is 0 Å². The lowest BCUT2D eigenvalue weighted by Gasteiger charge is -2.21. The van der Waals surface area contributed by atoms with Crippen LogP contribution in [-0.4, -0.2) is 23.4 Å². The third kappa shape index (κ3) is 1.79. The normalized spacial score (nSPS) is 18.7. The second kappa shape index (κ2) is 4.32. The number of hydrogen-bond acceptors (Lipinski definition) is 2. The number of H-pyrrole nitrogens is 1. The molecule has 0 saturated carbocycles. The molecule has 2 heterocycles. The van der Waals surface area contributed by atoms with Gasteiger partial charge < -0.3 is 4.74 Å². The molecule has 0 unspecified atom stereocenters. The van der Waals surface area contributed by atoms with Gasteiger partial charge in [0.1, 0.15) is 0 Å². The molecule has 1 aromatic rings. The number of rotatable bonds is 2. The van der Waals surface area contributed by atoms with Gasteiger partial charge in [0.15, 0.2) is 0 Å². The molecule has 0 atom stereocenters. The molecule has 0 aromatic carbocycles. The zero-order chi connectivity index (χ0) is 9.97. The van der Waals surface area contributed by atoms with Crippen molar-refractivity contribution in [2.45, 2.75) is 31.6 Å². The number of hydrogen-bond donors (Lipinski definition) is 1. The molecule has 4 heteroatoms. The number of aryl methyl sites for hydroxylation is 1. The van der Waals surface area contributed by atoms with Crippen LogP contribution in [0.3, 0.4) is 0 Å². The van der Waals surface area contributed by atoms with E-state index in [0.29, 0.717) is 11.8 Å². The van der Waals surface area contributed by atoms with Gasteiger partial charge in [-0.05, 0) is 19.8 Å². The maximum atomic E-state index is 5.91. The number of aromatic amines is 1. The highest BCUT2D eigenvalue weighted by Gasteiger charge is 2.22. The van der Waals surface area contributed by atoms with Gasteiger partial charge >= 0.3 is 0 Å². The van der Waals surface area contributed by atoms with Crippen LogP contribution in [0.25, 0.3) is 0 Å². The Bertz CT molecular complexity index is 305. The standard InChI is InChI=1S/C10H15ClN2O/c1-7-9(6-11)10(13-12-7)8-2-4-14-5-3-8/h8H,2-6H2,1H3,(H,12,13). The van der Waals surface area contributed by atoms with Crippen LogP contribution in [0.15, 0.2) is 0 Å². The molecular weight excluding hydrogens is 200 g/mol. The van der Waals surface area contributed by atoms with Crippen LogP contribution in [0.1, 0.15) is 35.7 Å². The first-order chi connectivity index (χ1) is 6.83. The van der Waals surface area contributed by atoms with E-state index in [2.05, 4.69) is 10.2 Å². The van der Waals surface area contributed by atoms with Crippen molar-refractivity contribution >= 4 is 11.6 Å². The first kappa shape index (κ1) is 9.99. The summed E-state index contributed by atoms with van der Waals surface area (Å²) in [6.45, 7) is 3.71. The molecule has 0 bridgehead atoms. The Morgan fingerprint density at radius 1 is 1.50 bits per heavy atom. The Balaban J connectivity index is 2.21. The molecule has 14 heavy (non-hydrogen) atoms. The highest BCUT2D eigenvalue weighted by Crippen LogP contribution is 2.29. The fraction of sp³-hybridized carbons (Fsp3) is 0.700. The summed E-state index contributed by atoms with van der Waals surface area (Å²) in [4.78, 5) is 0. The summed E-state index contributed by atoms with van der Waals surface area (Å²) >= 11 is 5.91. The van der Waals surface area contributed by atoms with Crippen LogP contribution < -0.4 is 0 Å². The van der Waals surface area contributed by atoms with E-state index in [1.54, 1.807) is 0 Å². The van der Waals surface area contributed by atoms with Crippen molar-refractivity contribution in [1.82, 2.24) is 10.2 Å².